The van der Waals surface area contributed by atoms with E-state index in [9.17, 15) is 4.79 Å². The summed E-state index contributed by atoms with van der Waals surface area (Å²) in [7, 11) is 1.62. The van der Waals surface area contributed by atoms with Crippen molar-refractivity contribution < 1.29 is 37.1 Å². The van der Waals surface area contributed by atoms with Crippen LogP contribution in [0.5, 0.6) is 0 Å². The molecule has 0 saturated carbocycles. The van der Waals surface area contributed by atoms with Crippen molar-refractivity contribution in [1.82, 2.24) is 0 Å². The van der Waals surface area contributed by atoms with Gasteiger partial charge in [-0.05, 0) is 26.7 Å². The van der Waals surface area contributed by atoms with Crippen LogP contribution >= 0.6 is 0 Å². The fraction of sp³-hybridized carbons (Fsp3) is 0.786. The van der Waals surface area contributed by atoms with E-state index in [0.29, 0.717) is 6.61 Å². The van der Waals surface area contributed by atoms with Crippen LogP contribution in [0.2, 0.25) is 0 Å². The average Bonchev–Trinajstić information content (AvgIpc) is 2.38. The lowest BCUT2D eigenvalue weighted by Gasteiger charge is -2.29. The van der Waals surface area contributed by atoms with Gasteiger partial charge in [-0.1, -0.05) is 12.2 Å². The molecule has 6 heteroatoms. The molecule has 0 unspecified atom stereocenters. The predicted molar refractivity (Wildman–Crippen MR) is 71.4 cm³/mol. The smallest absolute Gasteiger partial charge is 0.365 e. The number of carbonyl (C=O) groups excluding carboxylic acids is 1. The third-order valence-electron chi connectivity index (χ3n) is 3.32. The molecular formula is C14H26ClNO4. The van der Waals surface area contributed by atoms with Crippen molar-refractivity contribution in [3.63, 3.8) is 0 Å². The van der Waals surface area contributed by atoms with Crippen molar-refractivity contribution in [1.29, 1.82) is 0 Å². The summed E-state index contributed by atoms with van der Waals surface area (Å²) in [4.78, 5) is 11.8. The number of hydrogen-bond acceptors (Lipinski definition) is 4. The Labute approximate surface area is 127 Å². The topological polar surface area (TPSA) is 72.4 Å². The third kappa shape index (κ3) is 5.79. The van der Waals surface area contributed by atoms with E-state index in [1.165, 1.54) is 0 Å². The number of cyclic esters (lactones) is 1. The highest BCUT2D eigenvalue weighted by atomic mass is 35.5. The Morgan fingerprint density at radius 2 is 2.15 bits per heavy atom. The summed E-state index contributed by atoms with van der Waals surface area (Å²) in [5.74, 6) is -0.255. The van der Waals surface area contributed by atoms with Gasteiger partial charge in [-0.2, -0.15) is 0 Å². The number of quaternary nitrogens is 1. The van der Waals surface area contributed by atoms with E-state index in [2.05, 4.69) is 12.3 Å². The van der Waals surface area contributed by atoms with Crippen LogP contribution in [0.1, 0.15) is 33.1 Å². The number of hydrogen-bond donors (Lipinski definition) is 1. The van der Waals surface area contributed by atoms with Crippen molar-refractivity contribution >= 4 is 5.97 Å². The zero-order valence-electron chi connectivity index (χ0n) is 12.6. The molecule has 1 aliphatic heterocycles. The van der Waals surface area contributed by atoms with Crippen LogP contribution in [0.4, 0.5) is 0 Å². The second kappa shape index (κ2) is 9.34. The second-order valence-electron chi connectivity index (χ2n) is 5.28. The fourth-order valence-electron chi connectivity index (χ4n) is 2.27. The molecule has 118 valence electrons. The number of carbonyl (C=O) groups is 1. The largest absolute Gasteiger partial charge is 1.00 e. The zero-order chi connectivity index (χ0) is 14.4. The molecule has 4 atom stereocenters. The van der Waals surface area contributed by atoms with Gasteiger partial charge >= 0.3 is 5.97 Å². The van der Waals surface area contributed by atoms with E-state index in [0.717, 1.165) is 24.8 Å². The second-order valence-corrected chi connectivity index (χ2v) is 5.28. The van der Waals surface area contributed by atoms with E-state index in [4.69, 9.17) is 14.2 Å². The van der Waals surface area contributed by atoms with Gasteiger partial charge in [0.1, 0.15) is 12.2 Å². The van der Waals surface area contributed by atoms with Crippen molar-refractivity contribution in [2.24, 2.45) is 0 Å². The molecule has 1 heterocycles. The monoisotopic (exact) mass is 307 g/mol. The maximum atomic E-state index is 11.8. The SMILES string of the molecule is C=C(C)CO[C@H]1CCC[C@H]([NH3+])C(=O)O[C@@H](C)[C@@H]1OC.[Cl-]. The van der Waals surface area contributed by atoms with Crippen molar-refractivity contribution in [3.8, 4) is 0 Å². The summed E-state index contributed by atoms with van der Waals surface area (Å²) in [6.07, 6.45) is 1.74. The third-order valence-corrected chi connectivity index (χ3v) is 3.32. The Morgan fingerprint density at radius 1 is 1.50 bits per heavy atom. The molecule has 1 aliphatic rings. The molecule has 1 rings (SSSR count). The van der Waals surface area contributed by atoms with E-state index < -0.39 is 0 Å². The molecule has 0 aliphatic carbocycles. The zero-order valence-corrected chi connectivity index (χ0v) is 13.3. The Morgan fingerprint density at radius 3 is 2.70 bits per heavy atom. The summed E-state index contributed by atoms with van der Waals surface area (Å²) in [6, 6.07) is -0.306. The van der Waals surface area contributed by atoms with E-state index in [1.807, 2.05) is 13.8 Å². The number of methoxy groups -OCH3 is 1. The van der Waals surface area contributed by atoms with Gasteiger partial charge in [0.05, 0.1) is 12.7 Å². The first-order valence-corrected chi connectivity index (χ1v) is 6.78. The predicted octanol–water partition coefficient (Wildman–Crippen LogP) is -2.31. The van der Waals surface area contributed by atoms with Crippen LogP contribution in [0.3, 0.4) is 0 Å². The van der Waals surface area contributed by atoms with Gasteiger partial charge in [0.25, 0.3) is 0 Å². The van der Waals surface area contributed by atoms with Crippen LogP contribution in [0.25, 0.3) is 0 Å². The molecule has 0 amide bonds. The van der Waals surface area contributed by atoms with Crippen molar-refractivity contribution in [2.75, 3.05) is 13.7 Å². The normalized spacial score (nSPS) is 31.3. The van der Waals surface area contributed by atoms with Crippen molar-refractivity contribution in [3.05, 3.63) is 12.2 Å². The van der Waals surface area contributed by atoms with Gasteiger partial charge in [-0.3, -0.25) is 0 Å². The number of halogens is 1. The first-order chi connectivity index (χ1) is 8.95. The molecule has 0 bridgehead atoms. The number of rotatable bonds is 4. The lowest BCUT2D eigenvalue weighted by atomic mass is 10.0. The lowest BCUT2D eigenvalue weighted by molar-refractivity contribution is -0.410. The molecule has 5 nitrogen and oxygen atoms in total. The highest BCUT2D eigenvalue weighted by Crippen LogP contribution is 2.20. The van der Waals surface area contributed by atoms with Gasteiger partial charge in [-0.25, -0.2) is 4.79 Å². The average molecular weight is 308 g/mol. The van der Waals surface area contributed by atoms with Crippen LogP contribution in [-0.4, -0.2) is 44.0 Å². The Kier molecular flexibility index (Phi) is 9.05. The van der Waals surface area contributed by atoms with Gasteiger partial charge in [-0.15, -0.1) is 0 Å². The van der Waals surface area contributed by atoms with Gasteiger partial charge in [0.15, 0.2) is 6.04 Å². The Hall–Kier alpha value is -0.620. The first kappa shape index (κ1) is 19.4. The van der Waals surface area contributed by atoms with Gasteiger partial charge in [0, 0.05) is 13.5 Å². The lowest BCUT2D eigenvalue weighted by Crippen LogP contribution is -3.00. The highest BCUT2D eigenvalue weighted by Gasteiger charge is 2.34. The van der Waals surface area contributed by atoms with E-state index in [1.54, 1.807) is 7.11 Å². The summed E-state index contributed by atoms with van der Waals surface area (Å²) in [6.45, 7) is 8.09. The summed E-state index contributed by atoms with van der Waals surface area (Å²) < 4.78 is 16.7. The molecule has 0 aromatic heterocycles. The Bertz CT molecular complexity index is 324. The fourth-order valence-corrected chi connectivity index (χ4v) is 2.27. The van der Waals surface area contributed by atoms with Crippen molar-refractivity contribution in [2.45, 2.75) is 57.5 Å². The molecule has 1 fully saturated rings. The maximum Gasteiger partial charge on any atom is 0.365 e. The molecule has 0 radical (unpaired) electrons. The quantitative estimate of drug-likeness (QED) is 0.468. The molecular weight excluding hydrogens is 282 g/mol. The Balaban J connectivity index is 0.00000361. The van der Waals surface area contributed by atoms with Crippen LogP contribution in [0.15, 0.2) is 12.2 Å². The minimum absolute atomic E-state index is 0. The minimum Gasteiger partial charge on any atom is -1.00 e. The van der Waals surface area contributed by atoms with Gasteiger partial charge in [0.2, 0.25) is 0 Å². The number of ether oxygens (including phenoxy) is 3. The molecule has 0 spiro atoms. The summed E-state index contributed by atoms with van der Waals surface area (Å²) >= 11 is 0. The summed E-state index contributed by atoms with van der Waals surface area (Å²) in [5, 5.41) is 0. The first-order valence-electron chi connectivity index (χ1n) is 6.78. The molecule has 20 heavy (non-hydrogen) atoms. The molecule has 0 aromatic rings. The highest BCUT2D eigenvalue weighted by molar-refractivity contribution is 5.74. The van der Waals surface area contributed by atoms with Crippen LogP contribution in [0, 0.1) is 0 Å². The van der Waals surface area contributed by atoms with E-state index in [-0.39, 0.29) is 42.7 Å². The maximum absolute atomic E-state index is 11.8. The van der Waals surface area contributed by atoms with Crippen LogP contribution < -0.4 is 18.1 Å². The minimum atomic E-state index is -0.338. The molecule has 1 saturated heterocycles. The molecule has 3 N–H and O–H groups in total. The molecule has 0 aromatic carbocycles. The van der Waals surface area contributed by atoms with Gasteiger partial charge < -0.3 is 32.4 Å². The summed E-state index contributed by atoms with van der Waals surface area (Å²) in [5.41, 5.74) is 4.80. The number of esters is 1. The van der Waals surface area contributed by atoms with Crippen LogP contribution in [-0.2, 0) is 19.0 Å². The van der Waals surface area contributed by atoms with E-state index >= 15 is 0 Å². The standard InChI is InChI=1S/C14H25NO4.ClH/c1-9(2)8-18-12-7-5-6-11(15)14(16)19-10(3)13(12)17-4;/h10-13H,1,5-8,15H2,2-4H3;1H/t10-,11-,12-,13-;/m0./s1.